The fourth-order valence-electron chi connectivity index (χ4n) is 0.749. The van der Waals surface area contributed by atoms with E-state index in [-0.39, 0.29) is 15.1 Å². The number of aliphatic hydroxyl groups excluding tert-OH is 1. The quantitative estimate of drug-likeness (QED) is 0.606. The molecule has 0 saturated carbocycles. The van der Waals surface area contributed by atoms with Crippen LogP contribution in [0.15, 0.2) is 10.5 Å². The van der Waals surface area contributed by atoms with Crippen LogP contribution in [0.25, 0.3) is 0 Å². The van der Waals surface area contributed by atoms with E-state index < -0.39 is 18.2 Å². The Labute approximate surface area is 81.1 Å². The SMILES string of the molecule is OCc1c(F)cc(Cl)c(Br)c1F. The molecule has 0 aliphatic rings. The van der Waals surface area contributed by atoms with Crippen LogP contribution in [0.2, 0.25) is 5.02 Å². The van der Waals surface area contributed by atoms with Crippen molar-refractivity contribution in [2.75, 3.05) is 0 Å². The molecule has 1 nitrogen and oxygen atoms in total. The highest BCUT2D eigenvalue weighted by Crippen LogP contribution is 2.29. The Balaban J connectivity index is 3.40. The second-order valence-corrected chi connectivity index (χ2v) is 3.31. The van der Waals surface area contributed by atoms with Crippen molar-refractivity contribution in [1.29, 1.82) is 0 Å². The Hall–Kier alpha value is -0.190. The first kappa shape index (κ1) is 9.89. The number of benzene rings is 1. The van der Waals surface area contributed by atoms with Crippen molar-refractivity contribution in [3.63, 3.8) is 0 Å². The van der Waals surface area contributed by atoms with E-state index in [1.54, 1.807) is 0 Å². The molecule has 1 aromatic carbocycles. The zero-order chi connectivity index (χ0) is 9.30. The number of aliphatic hydroxyl groups is 1. The molecule has 0 bridgehead atoms. The predicted octanol–water partition coefficient (Wildman–Crippen LogP) is 2.87. The van der Waals surface area contributed by atoms with E-state index in [1.807, 2.05) is 0 Å². The van der Waals surface area contributed by atoms with Gasteiger partial charge in [0.1, 0.15) is 11.6 Å². The lowest BCUT2D eigenvalue weighted by Crippen LogP contribution is -1.96. The van der Waals surface area contributed by atoms with Crippen molar-refractivity contribution in [3.8, 4) is 0 Å². The second kappa shape index (κ2) is 3.68. The highest BCUT2D eigenvalue weighted by molar-refractivity contribution is 9.10. The summed E-state index contributed by atoms with van der Waals surface area (Å²) in [6.07, 6.45) is 0. The number of halogens is 4. The summed E-state index contributed by atoms with van der Waals surface area (Å²) < 4.78 is 25.7. The summed E-state index contributed by atoms with van der Waals surface area (Å²) in [7, 11) is 0. The standard InChI is InChI=1S/C7H4BrClF2O/c8-6-4(9)1-5(10)3(2-12)7(6)11/h1,12H,2H2. The van der Waals surface area contributed by atoms with Crippen LogP contribution in [0.5, 0.6) is 0 Å². The van der Waals surface area contributed by atoms with Crippen molar-refractivity contribution < 1.29 is 13.9 Å². The molecule has 0 fully saturated rings. The van der Waals surface area contributed by atoms with Gasteiger partial charge in [-0.3, -0.25) is 0 Å². The van der Waals surface area contributed by atoms with Gasteiger partial charge >= 0.3 is 0 Å². The molecule has 0 aliphatic heterocycles. The summed E-state index contributed by atoms with van der Waals surface area (Å²) in [6.45, 7) is -0.687. The average Bonchev–Trinajstić information content (AvgIpc) is 2.01. The number of hydrogen-bond acceptors (Lipinski definition) is 1. The van der Waals surface area contributed by atoms with Crippen LogP contribution in [0.3, 0.4) is 0 Å². The van der Waals surface area contributed by atoms with Gasteiger partial charge in [0.25, 0.3) is 0 Å². The van der Waals surface area contributed by atoms with E-state index in [0.717, 1.165) is 6.07 Å². The molecule has 1 rings (SSSR count). The molecule has 1 aromatic rings. The first-order valence-corrected chi connectivity index (χ1v) is 4.17. The summed E-state index contributed by atoms with van der Waals surface area (Å²) >= 11 is 8.26. The van der Waals surface area contributed by atoms with Gasteiger partial charge in [0.05, 0.1) is 21.7 Å². The summed E-state index contributed by atoms with van der Waals surface area (Å²) in [5.41, 5.74) is -0.383. The van der Waals surface area contributed by atoms with E-state index in [2.05, 4.69) is 15.9 Å². The molecule has 0 aromatic heterocycles. The highest BCUT2D eigenvalue weighted by atomic mass is 79.9. The van der Waals surface area contributed by atoms with Gasteiger partial charge in [-0.15, -0.1) is 0 Å². The highest BCUT2D eigenvalue weighted by Gasteiger charge is 2.14. The smallest absolute Gasteiger partial charge is 0.147 e. The lowest BCUT2D eigenvalue weighted by Gasteiger charge is -2.04. The molecule has 0 spiro atoms. The van der Waals surface area contributed by atoms with Crippen molar-refractivity contribution in [1.82, 2.24) is 0 Å². The Bertz CT molecular complexity index is 317. The second-order valence-electron chi connectivity index (χ2n) is 2.10. The molecule has 5 heteroatoms. The molecule has 12 heavy (non-hydrogen) atoms. The minimum atomic E-state index is -0.859. The van der Waals surface area contributed by atoms with Gasteiger partial charge in [-0.05, 0) is 22.0 Å². The maximum atomic E-state index is 13.0. The molecule has 0 heterocycles. The molecule has 0 unspecified atom stereocenters. The topological polar surface area (TPSA) is 20.2 Å². The van der Waals surface area contributed by atoms with Crippen LogP contribution in [0.1, 0.15) is 5.56 Å². The van der Waals surface area contributed by atoms with Gasteiger partial charge in [-0.2, -0.15) is 0 Å². The molecule has 0 saturated heterocycles. The lowest BCUT2D eigenvalue weighted by atomic mass is 10.2. The largest absolute Gasteiger partial charge is 0.391 e. The van der Waals surface area contributed by atoms with E-state index >= 15 is 0 Å². The van der Waals surface area contributed by atoms with Gasteiger partial charge in [0, 0.05) is 0 Å². The molecule has 0 aliphatic carbocycles. The molecular weight excluding hydrogens is 253 g/mol. The Morgan fingerprint density at radius 2 is 2.08 bits per heavy atom. The van der Waals surface area contributed by atoms with Crippen LogP contribution in [0, 0.1) is 11.6 Å². The van der Waals surface area contributed by atoms with Gasteiger partial charge in [0.2, 0.25) is 0 Å². The summed E-state index contributed by atoms with van der Waals surface area (Å²) in [6, 6.07) is 0.945. The summed E-state index contributed by atoms with van der Waals surface area (Å²) in [4.78, 5) is 0. The van der Waals surface area contributed by atoms with Crippen molar-refractivity contribution >= 4 is 27.5 Å². The van der Waals surface area contributed by atoms with Gasteiger partial charge in [-0.1, -0.05) is 11.6 Å². The monoisotopic (exact) mass is 256 g/mol. The molecule has 1 N–H and O–H groups in total. The van der Waals surface area contributed by atoms with Crippen LogP contribution in [0.4, 0.5) is 8.78 Å². The molecule has 0 radical (unpaired) electrons. The fraction of sp³-hybridized carbons (Fsp3) is 0.143. The average molecular weight is 257 g/mol. The lowest BCUT2D eigenvalue weighted by molar-refractivity contribution is 0.268. The number of hydrogen-bond donors (Lipinski definition) is 1. The molecule has 66 valence electrons. The van der Waals surface area contributed by atoms with Crippen molar-refractivity contribution in [3.05, 3.63) is 32.8 Å². The molecule has 0 atom stereocenters. The zero-order valence-corrected chi connectivity index (χ0v) is 8.09. The third-order valence-electron chi connectivity index (χ3n) is 1.37. The molecular formula is C7H4BrClF2O. The first-order valence-electron chi connectivity index (χ1n) is 3.00. The minimum absolute atomic E-state index is 0.0328. The Kier molecular flexibility index (Phi) is 3.04. The normalized spacial score (nSPS) is 10.4. The fourth-order valence-corrected chi connectivity index (χ4v) is 1.28. The van der Waals surface area contributed by atoms with Crippen LogP contribution < -0.4 is 0 Å². The van der Waals surface area contributed by atoms with Gasteiger partial charge < -0.3 is 5.11 Å². The minimum Gasteiger partial charge on any atom is -0.391 e. The van der Waals surface area contributed by atoms with Crippen molar-refractivity contribution in [2.24, 2.45) is 0 Å². The first-order chi connectivity index (χ1) is 5.57. The van der Waals surface area contributed by atoms with Gasteiger partial charge in [-0.25, -0.2) is 8.78 Å². The number of rotatable bonds is 1. The Morgan fingerprint density at radius 3 is 2.58 bits per heavy atom. The maximum absolute atomic E-state index is 13.0. The summed E-state index contributed by atoms with van der Waals surface area (Å²) in [5.74, 6) is -1.70. The van der Waals surface area contributed by atoms with Gasteiger partial charge in [0.15, 0.2) is 0 Å². The van der Waals surface area contributed by atoms with E-state index in [9.17, 15) is 8.78 Å². The van der Waals surface area contributed by atoms with E-state index in [1.165, 1.54) is 0 Å². The maximum Gasteiger partial charge on any atom is 0.147 e. The molecule has 0 amide bonds. The third-order valence-corrected chi connectivity index (χ3v) is 2.67. The van der Waals surface area contributed by atoms with Crippen LogP contribution >= 0.6 is 27.5 Å². The van der Waals surface area contributed by atoms with E-state index in [0.29, 0.717) is 0 Å². The third kappa shape index (κ3) is 1.60. The van der Waals surface area contributed by atoms with E-state index in [4.69, 9.17) is 16.7 Å². The van der Waals surface area contributed by atoms with Crippen molar-refractivity contribution in [2.45, 2.75) is 6.61 Å². The zero-order valence-electron chi connectivity index (χ0n) is 5.74. The predicted molar refractivity (Wildman–Crippen MR) is 45.0 cm³/mol. The summed E-state index contributed by atoms with van der Waals surface area (Å²) in [5, 5.41) is 8.52. The Morgan fingerprint density at radius 1 is 1.50 bits per heavy atom. The van der Waals surface area contributed by atoms with Crippen LogP contribution in [-0.4, -0.2) is 5.11 Å². The van der Waals surface area contributed by atoms with Crippen LogP contribution in [-0.2, 0) is 6.61 Å².